The van der Waals surface area contributed by atoms with E-state index in [9.17, 15) is 10.1 Å². The van der Waals surface area contributed by atoms with Gasteiger partial charge in [-0.05, 0) is 30.2 Å². The van der Waals surface area contributed by atoms with Gasteiger partial charge in [0, 0.05) is 25.0 Å². The van der Waals surface area contributed by atoms with Crippen LogP contribution in [-0.2, 0) is 6.54 Å². The summed E-state index contributed by atoms with van der Waals surface area (Å²) in [5, 5.41) is 14.0. The van der Waals surface area contributed by atoms with Crippen molar-refractivity contribution in [3.63, 3.8) is 0 Å². The third-order valence-corrected chi connectivity index (χ3v) is 2.84. The van der Waals surface area contributed by atoms with E-state index in [2.05, 4.69) is 15.3 Å². The lowest BCUT2D eigenvalue weighted by Gasteiger charge is -2.08. The van der Waals surface area contributed by atoms with Gasteiger partial charge in [0.2, 0.25) is 5.82 Å². The van der Waals surface area contributed by atoms with Crippen LogP contribution in [0.1, 0.15) is 11.1 Å². The van der Waals surface area contributed by atoms with E-state index in [0.717, 1.165) is 11.1 Å². The highest BCUT2D eigenvalue weighted by atomic mass is 35.5. The van der Waals surface area contributed by atoms with Crippen molar-refractivity contribution in [3.05, 3.63) is 57.0 Å². The highest BCUT2D eigenvalue weighted by Crippen LogP contribution is 2.24. The Labute approximate surface area is 114 Å². The van der Waals surface area contributed by atoms with Gasteiger partial charge in [0.1, 0.15) is 5.15 Å². The Morgan fingerprint density at radius 2 is 2.21 bits per heavy atom. The van der Waals surface area contributed by atoms with Crippen molar-refractivity contribution in [1.29, 1.82) is 0 Å². The van der Waals surface area contributed by atoms with Crippen molar-refractivity contribution in [2.24, 2.45) is 0 Å². The van der Waals surface area contributed by atoms with Crippen LogP contribution in [-0.4, -0.2) is 14.9 Å². The molecule has 0 aliphatic carbocycles. The molecule has 0 aliphatic heterocycles. The first-order valence-electron chi connectivity index (χ1n) is 5.52. The van der Waals surface area contributed by atoms with Gasteiger partial charge in [-0.2, -0.15) is 0 Å². The summed E-state index contributed by atoms with van der Waals surface area (Å²) in [5.41, 5.74) is 1.89. The van der Waals surface area contributed by atoms with E-state index in [0.29, 0.717) is 6.54 Å². The number of aromatic nitrogens is 2. The Kier molecular flexibility index (Phi) is 3.91. The van der Waals surface area contributed by atoms with Gasteiger partial charge >= 0.3 is 5.69 Å². The molecule has 0 saturated carbocycles. The van der Waals surface area contributed by atoms with Gasteiger partial charge in [-0.15, -0.1) is 0 Å². The summed E-state index contributed by atoms with van der Waals surface area (Å²) < 4.78 is 0. The van der Waals surface area contributed by atoms with Gasteiger partial charge in [0.05, 0.1) is 4.92 Å². The van der Waals surface area contributed by atoms with Crippen molar-refractivity contribution in [1.82, 2.24) is 9.97 Å². The van der Waals surface area contributed by atoms with Crippen LogP contribution < -0.4 is 5.32 Å². The first-order valence-corrected chi connectivity index (χ1v) is 5.90. The minimum absolute atomic E-state index is 0.106. The molecule has 2 aromatic heterocycles. The normalized spacial score (nSPS) is 10.2. The monoisotopic (exact) mass is 278 g/mol. The highest BCUT2D eigenvalue weighted by molar-refractivity contribution is 6.29. The van der Waals surface area contributed by atoms with E-state index >= 15 is 0 Å². The molecule has 0 spiro atoms. The Bertz CT molecular complexity index is 618. The van der Waals surface area contributed by atoms with Crippen LogP contribution in [0, 0.1) is 17.0 Å². The molecule has 0 saturated heterocycles. The Morgan fingerprint density at radius 1 is 1.42 bits per heavy atom. The zero-order chi connectivity index (χ0) is 13.8. The van der Waals surface area contributed by atoms with Gasteiger partial charge < -0.3 is 5.32 Å². The summed E-state index contributed by atoms with van der Waals surface area (Å²) >= 11 is 5.75. The molecule has 19 heavy (non-hydrogen) atoms. The Hall–Kier alpha value is -2.21. The fourth-order valence-electron chi connectivity index (χ4n) is 1.57. The minimum atomic E-state index is -0.498. The number of nitro groups is 1. The average molecular weight is 279 g/mol. The predicted octanol–water partition coefficient (Wildman–Crippen LogP) is 2.96. The molecular weight excluding hydrogens is 268 g/mol. The molecule has 0 fully saturated rings. The number of hydrogen-bond donors (Lipinski definition) is 1. The second-order valence-electron chi connectivity index (χ2n) is 3.91. The Balaban J connectivity index is 2.22. The standard InChI is InChI=1S/C12H11ClN4O2/c1-8-4-5-14-6-9(8)7-15-12-10(17(18)19)2-3-11(13)16-12/h2-6H,7H2,1H3,(H,15,16). The molecule has 2 rings (SSSR count). The predicted molar refractivity (Wildman–Crippen MR) is 72.2 cm³/mol. The lowest BCUT2D eigenvalue weighted by Crippen LogP contribution is -2.06. The molecule has 2 aromatic rings. The van der Waals surface area contributed by atoms with Crippen molar-refractivity contribution >= 4 is 23.1 Å². The van der Waals surface area contributed by atoms with Crippen LogP contribution in [0.15, 0.2) is 30.6 Å². The lowest BCUT2D eigenvalue weighted by molar-refractivity contribution is -0.384. The van der Waals surface area contributed by atoms with Gasteiger partial charge in [-0.25, -0.2) is 4.98 Å². The van der Waals surface area contributed by atoms with Crippen molar-refractivity contribution in [3.8, 4) is 0 Å². The molecule has 0 unspecified atom stereocenters. The summed E-state index contributed by atoms with van der Waals surface area (Å²) in [4.78, 5) is 18.3. The van der Waals surface area contributed by atoms with Crippen LogP contribution in [0.4, 0.5) is 11.5 Å². The van der Waals surface area contributed by atoms with Crippen molar-refractivity contribution in [2.45, 2.75) is 13.5 Å². The number of anilines is 1. The van der Waals surface area contributed by atoms with E-state index in [1.165, 1.54) is 12.1 Å². The third-order valence-electron chi connectivity index (χ3n) is 2.63. The van der Waals surface area contributed by atoms with Crippen molar-refractivity contribution in [2.75, 3.05) is 5.32 Å². The molecule has 2 heterocycles. The smallest absolute Gasteiger partial charge is 0.311 e. The van der Waals surface area contributed by atoms with E-state index in [1.54, 1.807) is 12.4 Å². The molecule has 0 amide bonds. The summed E-state index contributed by atoms with van der Waals surface area (Å²) in [6.07, 6.45) is 3.40. The molecule has 7 heteroatoms. The zero-order valence-corrected chi connectivity index (χ0v) is 10.9. The van der Waals surface area contributed by atoms with Crippen LogP contribution in [0.5, 0.6) is 0 Å². The van der Waals surface area contributed by atoms with Crippen LogP contribution >= 0.6 is 11.6 Å². The number of hydrogen-bond acceptors (Lipinski definition) is 5. The number of pyridine rings is 2. The van der Waals surface area contributed by atoms with Crippen LogP contribution in [0.25, 0.3) is 0 Å². The van der Waals surface area contributed by atoms with E-state index in [-0.39, 0.29) is 16.7 Å². The molecule has 1 N–H and O–H groups in total. The number of aryl methyl sites for hydroxylation is 1. The Morgan fingerprint density at radius 3 is 2.89 bits per heavy atom. The summed E-state index contributed by atoms with van der Waals surface area (Å²) in [7, 11) is 0. The maximum absolute atomic E-state index is 10.9. The van der Waals surface area contributed by atoms with Gasteiger partial charge in [0.15, 0.2) is 0 Å². The summed E-state index contributed by atoms with van der Waals surface area (Å²) in [5.74, 6) is 0.153. The average Bonchev–Trinajstić information content (AvgIpc) is 2.37. The molecule has 98 valence electrons. The first kappa shape index (κ1) is 13.2. The largest absolute Gasteiger partial charge is 0.360 e. The van der Waals surface area contributed by atoms with Crippen LogP contribution in [0.2, 0.25) is 5.15 Å². The fourth-order valence-corrected chi connectivity index (χ4v) is 1.71. The van der Waals surface area contributed by atoms with E-state index < -0.39 is 4.92 Å². The number of rotatable bonds is 4. The molecular formula is C12H11ClN4O2. The van der Waals surface area contributed by atoms with Gasteiger partial charge in [-0.3, -0.25) is 15.1 Å². The second kappa shape index (κ2) is 5.62. The molecule has 0 aliphatic rings. The zero-order valence-electron chi connectivity index (χ0n) is 10.1. The molecule has 0 bridgehead atoms. The van der Waals surface area contributed by atoms with Gasteiger partial charge in [0.25, 0.3) is 0 Å². The van der Waals surface area contributed by atoms with E-state index in [1.807, 2.05) is 13.0 Å². The quantitative estimate of drug-likeness (QED) is 0.528. The summed E-state index contributed by atoms with van der Waals surface area (Å²) in [6.45, 7) is 2.34. The number of nitrogens with one attached hydrogen (secondary N) is 1. The minimum Gasteiger partial charge on any atom is -0.360 e. The number of halogens is 1. The lowest BCUT2D eigenvalue weighted by atomic mass is 10.1. The first-order chi connectivity index (χ1) is 9.08. The van der Waals surface area contributed by atoms with Gasteiger partial charge in [-0.1, -0.05) is 11.6 Å². The summed E-state index contributed by atoms with van der Waals surface area (Å²) in [6, 6.07) is 4.59. The molecule has 0 radical (unpaired) electrons. The van der Waals surface area contributed by atoms with E-state index in [4.69, 9.17) is 11.6 Å². The topological polar surface area (TPSA) is 81.0 Å². The van der Waals surface area contributed by atoms with Crippen LogP contribution in [0.3, 0.4) is 0 Å². The maximum atomic E-state index is 10.9. The maximum Gasteiger partial charge on any atom is 0.311 e. The second-order valence-corrected chi connectivity index (χ2v) is 4.30. The van der Waals surface area contributed by atoms with Crippen molar-refractivity contribution < 1.29 is 4.92 Å². The fraction of sp³-hybridized carbons (Fsp3) is 0.167. The molecule has 0 atom stereocenters. The highest BCUT2D eigenvalue weighted by Gasteiger charge is 2.15. The SMILES string of the molecule is Cc1ccncc1CNc1nc(Cl)ccc1[N+](=O)[O-]. The number of nitrogens with zero attached hydrogens (tertiary/aromatic N) is 3. The third kappa shape index (κ3) is 3.17. The molecule has 0 aromatic carbocycles. The molecule has 6 nitrogen and oxygen atoms in total.